The van der Waals surface area contributed by atoms with E-state index in [-0.39, 0.29) is 0 Å². The Morgan fingerprint density at radius 3 is 1.43 bits per heavy atom. The van der Waals surface area contributed by atoms with E-state index < -0.39 is 17.9 Å². The molecule has 4 N–H and O–H groups in total. The molecule has 0 aromatic heterocycles. The van der Waals surface area contributed by atoms with Crippen LogP contribution in [0.25, 0.3) is 0 Å². The van der Waals surface area contributed by atoms with Crippen molar-refractivity contribution in [2.45, 2.75) is 18.8 Å². The molecule has 0 rings (SSSR count). The topological polar surface area (TPSA) is 52.0 Å². The zero-order chi connectivity index (χ0) is 5.86. The Kier molecular flexibility index (Phi) is 3.54. The Balaban J connectivity index is 2.95. The quantitative estimate of drug-likeness (QED) is 0.483. The molecule has 0 saturated heterocycles. The van der Waals surface area contributed by atoms with E-state index in [2.05, 4.69) is 13.1 Å². The van der Waals surface area contributed by atoms with Gasteiger partial charge in [0.2, 0.25) is 0 Å². The molecule has 0 heterocycles. The summed E-state index contributed by atoms with van der Waals surface area (Å²) in [4.78, 5) is 0. The van der Waals surface area contributed by atoms with Crippen LogP contribution in [0.3, 0.4) is 0 Å². The van der Waals surface area contributed by atoms with E-state index in [0.29, 0.717) is 0 Å². The van der Waals surface area contributed by atoms with Crippen LogP contribution in [-0.2, 0) is 0 Å². The highest BCUT2D eigenvalue weighted by Gasteiger charge is 2.00. The summed E-state index contributed by atoms with van der Waals surface area (Å²) >= 11 is 0. The second kappa shape index (κ2) is 3.37. The van der Waals surface area contributed by atoms with Crippen LogP contribution in [0, 0.1) is 0 Å². The maximum atomic E-state index is 5.59. The fourth-order valence-corrected chi connectivity index (χ4v) is 5.28. The zero-order valence-corrected chi connectivity index (χ0v) is 7.33. The number of hydrogen-bond acceptors (Lipinski definition) is 2. The molecule has 0 aliphatic carbocycles. The monoisotopic (exact) mass is 134 g/mol. The van der Waals surface area contributed by atoms with Gasteiger partial charge in [-0.2, -0.15) is 0 Å². The third-order valence-corrected chi connectivity index (χ3v) is 6.69. The maximum Gasteiger partial charge on any atom is 0.101 e. The summed E-state index contributed by atoms with van der Waals surface area (Å²) in [5.74, 6) is 0. The highest BCUT2D eigenvalue weighted by molar-refractivity contribution is 6.72. The first-order chi connectivity index (χ1) is 3.13. The number of hydrogen-bond donors (Lipinski definition) is 2. The lowest BCUT2D eigenvalue weighted by atomic mass is 11.8. The van der Waals surface area contributed by atoms with Crippen molar-refractivity contribution in [3.63, 3.8) is 0 Å². The van der Waals surface area contributed by atoms with Crippen LogP contribution in [0.5, 0.6) is 0 Å². The van der Waals surface area contributed by atoms with Gasteiger partial charge in [-0.25, -0.2) is 0 Å². The molecule has 0 radical (unpaired) electrons. The fourth-order valence-electron chi connectivity index (χ4n) is 0.586. The molecule has 0 aromatic rings. The predicted molar refractivity (Wildman–Crippen MR) is 39.2 cm³/mol. The van der Waals surface area contributed by atoms with Crippen molar-refractivity contribution in [2.75, 3.05) is 0 Å². The van der Waals surface area contributed by atoms with Crippen molar-refractivity contribution in [2.24, 2.45) is 10.8 Å². The van der Waals surface area contributed by atoms with E-state index in [1.807, 2.05) is 0 Å². The summed E-state index contributed by atoms with van der Waals surface area (Å²) in [6.45, 7) is 4.27. The minimum absolute atomic E-state index is 0.792. The normalized spacial score (nSPS) is 18.9. The van der Waals surface area contributed by atoms with Gasteiger partial charge in [0.15, 0.2) is 0 Å². The van der Waals surface area contributed by atoms with Crippen LogP contribution in [-0.4, -0.2) is 17.9 Å². The minimum atomic E-state index is -0.792. The first-order valence-electron chi connectivity index (χ1n) is 2.64. The van der Waals surface area contributed by atoms with Gasteiger partial charge in [-0.15, -0.1) is 0 Å². The molecule has 4 heteroatoms. The number of nitrogens with two attached hydrogens (primary N) is 2. The van der Waals surface area contributed by atoms with Gasteiger partial charge in [-0.1, -0.05) is 13.1 Å². The van der Waals surface area contributed by atoms with E-state index in [4.69, 9.17) is 10.8 Å². The van der Waals surface area contributed by atoms with Crippen LogP contribution in [0.1, 0.15) is 0 Å². The van der Waals surface area contributed by atoms with E-state index in [1.165, 1.54) is 5.67 Å². The highest BCUT2D eigenvalue weighted by atomic mass is 28.3. The summed E-state index contributed by atoms with van der Waals surface area (Å²) in [7, 11) is -1.58. The maximum absolute atomic E-state index is 5.59. The van der Waals surface area contributed by atoms with Gasteiger partial charge in [0.05, 0.1) is 0 Å². The molecule has 2 atom stereocenters. The largest absolute Gasteiger partial charge is 0.353 e. The summed E-state index contributed by atoms with van der Waals surface area (Å²) in [6.07, 6.45) is 0. The van der Waals surface area contributed by atoms with Crippen molar-refractivity contribution in [3.8, 4) is 0 Å². The van der Waals surface area contributed by atoms with Gasteiger partial charge >= 0.3 is 0 Å². The average molecular weight is 134 g/mol. The molecule has 0 aliphatic heterocycles. The van der Waals surface area contributed by atoms with Crippen LogP contribution in [0.15, 0.2) is 0 Å². The van der Waals surface area contributed by atoms with E-state index in [1.54, 1.807) is 0 Å². The summed E-state index contributed by atoms with van der Waals surface area (Å²) in [5, 5.41) is 11.2. The highest BCUT2D eigenvalue weighted by Crippen LogP contribution is 1.83. The molecule has 2 nitrogen and oxygen atoms in total. The third-order valence-electron chi connectivity index (χ3n) is 0.744. The molecule has 2 unspecified atom stereocenters. The first kappa shape index (κ1) is 7.35. The summed E-state index contributed by atoms with van der Waals surface area (Å²) in [6, 6.07) is 0. The Morgan fingerprint density at radius 2 is 1.43 bits per heavy atom. The summed E-state index contributed by atoms with van der Waals surface area (Å²) in [5.41, 5.74) is 1.19. The average Bonchev–Trinajstić information content (AvgIpc) is 1.27. The van der Waals surface area contributed by atoms with Gasteiger partial charge in [0.25, 0.3) is 0 Å². The van der Waals surface area contributed by atoms with Gasteiger partial charge in [-0.3, -0.25) is 0 Å². The van der Waals surface area contributed by atoms with Gasteiger partial charge in [0.1, 0.15) is 17.9 Å². The fraction of sp³-hybridized carbons (Fsp3) is 1.00. The van der Waals surface area contributed by atoms with Crippen molar-refractivity contribution in [3.05, 3.63) is 0 Å². The molecular formula is C3H14N2Si2. The van der Waals surface area contributed by atoms with Crippen molar-refractivity contribution < 1.29 is 0 Å². The summed E-state index contributed by atoms with van der Waals surface area (Å²) < 4.78 is 0. The SMILES string of the molecule is C[SiH](N)C[SiH](C)N. The second-order valence-electron chi connectivity index (χ2n) is 2.19. The minimum Gasteiger partial charge on any atom is -0.353 e. The van der Waals surface area contributed by atoms with Gasteiger partial charge in [-0.05, 0) is 5.67 Å². The molecule has 0 aromatic carbocycles. The van der Waals surface area contributed by atoms with E-state index >= 15 is 0 Å². The molecule has 44 valence electrons. The van der Waals surface area contributed by atoms with Gasteiger partial charge < -0.3 is 10.8 Å². The van der Waals surface area contributed by atoms with Gasteiger partial charge in [0, 0.05) is 0 Å². The Morgan fingerprint density at radius 1 is 1.14 bits per heavy atom. The molecular weight excluding hydrogens is 120 g/mol. The Bertz CT molecular complexity index is 40.2. The molecule has 0 amide bonds. The Labute approximate surface area is 48.3 Å². The molecule has 0 aliphatic rings. The third kappa shape index (κ3) is 6.35. The first-order valence-corrected chi connectivity index (χ1v) is 7.91. The van der Waals surface area contributed by atoms with Crippen LogP contribution < -0.4 is 10.8 Å². The number of rotatable bonds is 2. The molecule has 0 spiro atoms. The van der Waals surface area contributed by atoms with Crippen LogP contribution in [0.4, 0.5) is 0 Å². The molecule has 7 heavy (non-hydrogen) atoms. The Hall–Kier alpha value is 0.354. The van der Waals surface area contributed by atoms with Crippen LogP contribution in [0.2, 0.25) is 18.8 Å². The van der Waals surface area contributed by atoms with E-state index in [9.17, 15) is 0 Å². The standard InChI is InChI=1S/C3H14N2Si2/c1-6(4)3-7(2)5/h6-7H,3-5H2,1-2H3. The second-order valence-corrected chi connectivity index (χ2v) is 7.99. The predicted octanol–water partition coefficient (Wildman–Crippen LogP) is -0.850. The van der Waals surface area contributed by atoms with Crippen LogP contribution >= 0.6 is 0 Å². The zero-order valence-electron chi connectivity index (χ0n) is 5.02. The smallest absolute Gasteiger partial charge is 0.101 e. The van der Waals surface area contributed by atoms with Crippen molar-refractivity contribution in [1.29, 1.82) is 0 Å². The van der Waals surface area contributed by atoms with E-state index in [0.717, 1.165) is 0 Å². The lowest BCUT2D eigenvalue weighted by molar-refractivity contribution is 1.58. The lowest BCUT2D eigenvalue weighted by Gasteiger charge is -2.02. The van der Waals surface area contributed by atoms with Crippen molar-refractivity contribution in [1.82, 2.24) is 0 Å². The lowest BCUT2D eigenvalue weighted by Crippen LogP contribution is -2.33. The molecule has 0 fully saturated rings. The molecule has 0 bridgehead atoms. The van der Waals surface area contributed by atoms with Crippen molar-refractivity contribution >= 4 is 17.9 Å². The molecule has 0 saturated carbocycles.